The lowest BCUT2D eigenvalue weighted by Crippen LogP contribution is -2.03. The summed E-state index contributed by atoms with van der Waals surface area (Å²) >= 11 is 0. The zero-order valence-corrected chi connectivity index (χ0v) is 9.85. The van der Waals surface area contributed by atoms with Crippen LogP contribution in [0.5, 0.6) is 11.5 Å². The first-order chi connectivity index (χ1) is 8.69. The van der Waals surface area contributed by atoms with Gasteiger partial charge in [0.1, 0.15) is 5.69 Å². The Kier molecular flexibility index (Phi) is 3.18. The summed E-state index contributed by atoms with van der Waals surface area (Å²) in [6.07, 6.45) is 0. The van der Waals surface area contributed by atoms with E-state index in [2.05, 4.69) is 9.72 Å². The number of hydrogen-bond donors (Lipinski definition) is 1. The van der Waals surface area contributed by atoms with Crippen LogP contribution in [0.3, 0.4) is 0 Å². The number of ether oxygens (including phenoxy) is 3. The van der Waals surface area contributed by atoms with Gasteiger partial charge in [-0.2, -0.15) is 0 Å². The SMILES string of the molecule is COc1cc2cc(C(=O)OC=O)[nH]c2cc1OC. The Morgan fingerprint density at radius 1 is 1.17 bits per heavy atom. The molecule has 2 aromatic rings. The van der Waals surface area contributed by atoms with E-state index in [1.807, 2.05) is 0 Å². The monoisotopic (exact) mass is 249 g/mol. The molecule has 18 heavy (non-hydrogen) atoms. The second-order valence-electron chi connectivity index (χ2n) is 3.48. The minimum Gasteiger partial charge on any atom is -0.493 e. The number of benzene rings is 1. The van der Waals surface area contributed by atoms with Gasteiger partial charge >= 0.3 is 12.4 Å². The van der Waals surface area contributed by atoms with E-state index in [1.165, 1.54) is 14.2 Å². The molecule has 0 aliphatic carbocycles. The molecule has 1 N–H and O–H groups in total. The Labute approximate surface area is 102 Å². The smallest absolute Gasteiger partial charge is 0.362 e. The molecule has 0 atom stereocenters. The van der Waals surface area contributed by atoms with Gasteiger partial charge in [-0.15, -0.1) is 0 Å². The predicted molar refractivity (Wildman–Crippen MR) is 62.9 cm³/mol. The van der Waals surface area contributed by atoms with Crippen molar-refractivity contribution < 1.29 is 23.8 Å². The van der Waals surface area contributed by atoms with Crippen molar-refractivity contribution in [2.24, 2.45) is 0 Å². The average molecular weight is 249 g/mol. The van der Waals surface area contributed by atoms with Crippen LogP contribution in [0.25, 0.3) is 10.9 Å². The molecule has 1 heterocycles. The molecule has 2 rings (SSSR count). The third kappa shape index (κ3) is 2.00. The van der Waals surface area contributed by atoms with E-state index < -0.39 is 5.97 Å². The summed E-state index contributed by atoms with van der Waals surface area (Å²) in [6, 6.07) is 5.00. The maximum Gasteiger partial charge on any atom is 0.362 e. The van der Waals surface area contributed by atoms with Crippen LogP contribution in [0.2, 0.25) is 0 Å². The van der Waals surface area contributed by atoms with Crippen molar-refractivity contribution in [2.45, 2.75) is 0 Å². The van der Waals surface area contributed by atoms with Crippen molar-refractivity contribution >= 4 is 23.3 Å². The van der Waals surface area contributed by atoms with Crippen LogP contribution in [0.1, 0.15) is 10.5 Å². The first kappa shape index (κ1) is 12.0. The summed E-state index contributed by atoms with van der Waals surface area (Å²) in [7, 11) is 3.05. The highest BCUT2D eigenvalue weighted by Gasteiger charge is 2.13. The molecule has 0 radical (unpaired) electrons. The number of hydrogen-bond acceptors (Lipinski definition) is 5. The van der Waals surface area contributed by atoms with Gasteiger partial charge in [0.25, 0.3) is 0 Å². The molecule has 0 saturated heterocycles. The highest BCUT2D eigenvalue weighted by atomic mass is 16.6. The van der Waals surface area contributed by atoms with E-state index in [4.69, 9.17) is 9.47 Å². The molecule has 0 aliphatic rings. The molecule has 0 bridgehead atoms. The number of aromatic amines is 1. The van der Waals surface area contributed by atoms with Gasteiger partial charge in [-0.25, -0.2) is 4.79 Å². The van der Waals surface area contributed by atoms with E-state index in [-0.39, 0.29) is 12.2 Å². The van der Waals surface area contributed by atoms with Crippen molar-refractivity contribution in [1.29, 1.82) is 0 Å². The van der Waals surface area contributed by atoms with Crippen LogP contribution in [0.4, 0.5) is 0 Å². The molecule has 94 valence electrons. The van der Waals surface area contributed by atoms with Gasteiger partial charge in [-0.3, -0.25) is 4.79 Å². The maximum absolute atomic E-state index is 11.4. The number of fused-ring (bicyclic) bond motifs is 1. The highest BCUT2D eigenvalue weighted by molar-refractivity contribution is 5.97. The lowest BCUT2D eigenvalue weighted by atomic mass is 10.2. The van der Waals surface area contributed by atoms with Crippen LogP contribution in [-0.4, -0.2) is 31.6 Å². The van der Waals surface area contributed by atoms with Crippen LogP contribution >= 0.6 is 0 Å². The summed E-state index contributed by atoms with van der Waals surface area (Å²) in [5, 5.41) is 0.755. The van der Waals surface area contributed by atoms with E-state index in [0.717, 1.165) is 5.39 Å². The Hall–Kier alpha value is -2.50. The summed E-state index contributed by atoms with van der Waals surface area (Å²) in [4.78, 5) is 24.3. The first-order valence-electron chi connectivity index (χ1n) is 5.09. The van der Waals surface area contributed by atoms with Gasteiger partial charge in [0.05, 0.1) is 19.7 Å². The van der Waals surface area contributed by atoms with E-state index in [9.17, 15) is 9.59 Å². The average Bonchev–Trinajstić information content (AvgIpc) is 2.80. The number of nitrogens with one attached hydrogen (secondary N) is 1. The fraction of sp³-hybridized carbons (Fsp3) is 0.167. The maximum atomic E-state index is 11.4. The Bertz CT molecular complexity index is 561. The lowest BCUT2D eigenvalue weighted by Gasteiger charge is -2.06. The largest absolute Gasteiger partial charge is 0.493 e. The van der Waals surface area contributed by atoms with Crippen molar-refractivity contribution in [2.75, 3.05) is 14.2 Å². The predicted octanol–water partition coefficient (Wildman–Crippen LogP) is 1.50. The third-order valence-corrected chi connectivity index (χ3v) is 2.50. The van der Waals surface area contributed by atoms with Crippen molar-refractivity contribution in [3.05, 3.63) is 23.9 Å². The van der Waals surface area contributed by atoms with Gasteiger partial charge in [0.15, 0.2) is 11.5 Å². The lowest BCUT2D eigenvalue weighted by molar-refractivity contribution is -0.123. The number of aromatic nitrogens is 1. The van der Waals surface area contributed by atoms with Crippen molar-refractivity contribution in [3.63, 3.8) is 0 Å². The van der Waals surface area contributed by atoms with Crippen LogP contribution in [0, 0.1) is 0 Å². The number of methoxy groups -OCH3 is 2. The Morgan fingerprint density at radius 2 is 1.83 bits per heavy atom. The minimum absolute atomic E-state index is 0.0923. The van der Waals surface area contributed by atoms with E-state index >= 15 is 0 Å². The third-order valence-electron chi connectivity index (χ3n) is 2.50. The second-order valence-corrected chi connectivity index (χ2v) is 3.48. The molecule has 1 aromatic carbocycles. The van der Waals surface area contributed by atoms with Crippen molar-refractivity contribution in [3.8, 4) is 11.5 Å². The van der Waals surface area contributed by atoms with Crippen LogP contribution in [-0.2, 0) is 9.53 Å². The Morgan fingerprint density at radius 3 is 2.44 bits per heavy atom. The molecule has 1 aromatic heterocycles. The highest BCUT2D eigenvalue weighted by Crippen LogP contribution is 2.32. The van der Waals surface area contributed by atoms with Gasteiger partial charge in [-0.05, 0) is 12.1 Å². The van der Waals surface area contributed by atoms with E-state index in [0.29, 0.717) is 17.0 Å². The van der Waals surface area contributed by atoms with Gasteiger partial charge in [-0.1, -0.05) is 0 Å². The van der Waals surface area contributed by atoms with E-state index in [1.54, 1.807) is 18.2 Å². The fourth-order valence-corrected chi connectivity index (χ4v) is 1.68. The standard InChI is InChI=1S/C12H11NO5/c1-16-10-4-7-3-9(12(15)18-6-14)13-8(7)5-11(10)17-2/h3-6,13H,1-2H3. The molecule has 0 fully saturated rings. The minimum atomic E-state index is -0.737. The van der Waals surface area contributed by atoms with Crippen LogP contribution in [0.15, 0.2) is 18.2 Å². The molecule has 6 heteroatoms. The van der Waals surface area contributed by atoms with Crippen LogP contribution < -0.4 is 9.47 Å². The summed E-state index contributed by atoms with van der Waals surface area (Å²) in [5.74, 6) is 0.362. The van der Waals surface area contributed by atoms with Crippen molar-refractivity contribution in [1.82, 2.24) is 4.98 Å². The summed E-state index contributed by atoms with van der Waals surface area (Å²) in [6.45, 7) is 0.0923. The van der Waals surface area contributed by atoms with Gasteiger partial charge in [0.2, 0.25) is 0 Å². The number of esters is 1. The van der Waals surface area contributed by atoms with Gasteiger partial charge in [0, 0.05) is 11.5 Å². The topological polar surface area (TPSA) is 77.6 Å². The molecule has 0 saturated carbocycles. The number of carbonyl (C=O) groups excluding carboxylic acids is 2. The summed E-state index contributed by atoms with van der Waals surface area (Å²) < 4.78 is 14.6. The molecule has 6 nitrogen and oxygen atoms in total. The molecule has 0 unspecified atom stereocenters. The second kappa shape index (κ2) is 4.79. The molecular weight excluding hydrogens is 238 g/mol. The first-order valence-corrected chi connectivity index (χ1v) is 5.09. The molecular formula is C12H11NO5. The normalized spacial score (nSPS) is 10.1. The Balaban J connectivity index is 2.50. The quantitative estimate of drug-likeness (QED) is 0.504. The molecule has 0 aliphatic heterocycles. The zero-order valence-electron chi connectivity index (χ0n) is 9.85. The number of rotatable bonds is 4. The van der Waals surface area contributed by atoms with Gasteiger partial charge < -0.3 is 19.2 Å². The fourth-order valence-electron chi connectivity index (χ4n) is 1.68. The summed E-state index contributed by atoms with van der Waals surface area (Å²) in [5.41, 5.74) is 0.873. The number of carbonyl (C=O) groups is 2. The zero-order chi connectivity index (χ0) is 13.1. The molecule has 0 amide bonds. The molecule has 0 spiro atoms. The number of H-pyrrole nitrogens is 1.